The van der Waals surface area contributed by atoms with Crippen molar-refractivity contribution in [2.24, 2.45) is 0 Å². The van der Waals surface area contributed by atoms with Gasteiger partial charge in [-0.3, -0.25) is 4.79 Å². The fourth-order valence-corrected chi connectivity index (χ4v) is 2.06. The Labute approximate surface area is 143 Å². The highest BCUT2D eigenvalue weighted by Crippen LogP contribution is 2.18. The first-order valence-corrected chi connectivity index (χ1v) is 7.56. The average Bonchev–Trinajstić information content (AvgIpc) is 2.57. The van der Waals surface area contributed by atoms with Crippen molar-refractivity contribution in [3.05, 3.63) is 51.9 Å². The SMILES string of the molecule is N#Cc1ccc(C(=O)NCCCNc2nc(Cl)ncc2Cl)cc1. The minimum Gasteiger partial charge on any atom is -0.369 e. The standard InChI is InChI=1S/C15H13Cl2N5O/c16-12-9-21-15(17)22-13(12)19-6-1-7-20-14(23)11-4-2-10(8-18)3-5-11/h2-5,9H,1,6-7H2,(H,20,23)(H,19,21,22). The maximum Gasteiger partial charge on any atom is 0.251 e. The monoisotopic (exact) mass is 349 g/mol. The Hall–Kier alpha value is -2.36. The highest BCUT2D eigenvalue weighted by Gasteiger charge is 2.05. The van der Waals surface area contributed by atoms with Gasteiger partial charge in [0.05, 0.1) is 17.8 Å². The quantitative estimate of drug-likeness (QED) is 0.618. The van der Waals surface area contributed by atoms with E-state index in [-0.39, 0.29) is 11.2 Å². The summed E-state index contributed by atoms with van der Waals surface area (Å²) in [5, 5.41) is 15.0. The lowest BCUT2D eigenvalue weighted by Gasteiger charge is -2.08. The zero-order valence-corrected chi connectivity index (χ0v) is 13.5. The number of aromatic nitrogens is 2. The number of hydrogen-bond donors (Lipinski definition) is 2. The van der Waals surface area contributed by atoms with Crippen molar-refractivity contribution in [1.29, 1.82) is 5.26 Å². The van der Waals surface area contributed by atoms with Crippen LogP contribution in [0.2, 0.25) is 10.3 Å². The summed E-state index contributed by atoms with van der Waals surface area (Å²) in [6, 6.07) is 8.46. The topological polar surface area (TPSA) is 90.7 Å². The summed E-state index contributed by atoms with van der Waals surface area (Å²) in [6.07, 6.45) is 2.10. The van der Waals surface area contributed by atoms with Crippen molar-refractivity contribution in [3.8, 4) is 6.07 Å². The van der Waals surface area contributed by atoms with Crippen LogP contribution in [0.25, 0.3) is 0 Å². The molecule has 2 N–H and O–H groups in total. The van der Waals surface area contributed by atoms with Gasteiger partial charge in [-0.15, -0.1) is 0 Å². The van der Waals surface area contributed by atoms with E-state index in [4.69, 9.17) is 28.5 Å². The van der Waals surface area contributed by atoms with Gasteiger partial charge in [0.15, 0.2) is 0 Å². The van der Waals surface area contributed by atoms with E-state index in [0.29, 0.717) is 41.5 Å². The lowest BCUT2D eigenvalue weighted by Crippen LogP contribution is -2.25. The molecule has 0 aliphatic carbocycles. The molecule has 0 saturated heterocycles. The molecule has 0 fully saturated rings. The average molecular weight is 350 g/mol. The molecule has 0 radical (unpaired) electrons. The Kier molecular flexibility index (Phi) is 6.15. The summed E-state index contributed by atoms with van der Waals surface area (Å²) in [5.41, 5.74) is 1.04. The van der Waals surface area contributed by atoms with Crippen molar-refractivity contribution in [2.45, 2.75) is 6.42 Å². The third-order valence-corrected chi connectivity index (χ3v) is 3.38. The van der Waals surface area contributed by atoms with Crippen LogP contribution in [0.3, 0.4) is 0 Å². The zero-order chi connectivity index (χ0) is 16.7. The molecule has 0 aliphatic rings. The van der Waals surface area contributed by atoms with Crippen LogP contribution in [-0.2, 0) is 0 Å². The summed E-state index contributed by atoms with van der Waals surface area (Å²) < 4.78 is 0. The first-order valence-electron chi connectivity index (χ1n) is 6.80. The van der Waals surface area contributed by atoms with Gasteiger partial charge < -0.3 is 10.6 Å². The number of halogens is 2. The molecule has 2 rings (SSSR count). The van der Waals surface area contributed by atoms with Gasteiger partial charge in [0.1, 0.15) is 10.8 Å². The number of nitrogens with zero attached hydrogens (tertiary/aromatic N) is 3. The number of anilines is 1. The van der Waals surface area contributed by atoms with Crippen molar-refractivity contribution in [3.63, 3.8) is 0 Å². The first-order chi connectivity index (χ1) is 11.1. The van der Waals surface area contributed by atoms with Crippen LogP contribution in [-0.4, -0.2) is 29.0 Å². The molecular weight excluding hydrogens is 337 g/mol. The molecular formula is C15H13Cl2N5O. The Balaban J connectivity index is 1.73. The van der Waals surface area contributed by atoms with Gasteiger partial charge in [0.25, 0.3) is 5.91 Å². The molecule has 0 saturated carbocycles. The van der Waals surface area contributed by atoms with Crippen LogP contribution >= 0.6 is 23.2 Å². The van der Waals surface area contributed by atoms with Gasteiger partial charge in [0.2, 0.25) is 5.28 Å². The van der Waals surface area contributed by atoms with Gasteiger partial charge in [-0.25, -0.2) is 4.98 Å². The predicted octanol–water partition coefficient (Wildman–Crippen LogP) is 2.89. The number of carbonyl (C=O) groups excluding carboxylic acids is 1. The molecule has 8 heteroatoms. The molecule has 2 aromatic rings. The van der Waals surface area contributed by atoms with Gasteiger partial charge in [0, 0.05) is 18.7 Å². The Morgan fingerprint density at radius 3 is 2.65 bits per heavy atom. The summed E-state index contributed by atoms with van der Waals surface area (Å²) in [7, 11) is 0. The van der Waals surface area contributed by atoms with E-state index in [1.807, 2.05) is 6.07 Å². The largest absolute Gasteiger partial charge is 0.369 e. The number of rotatable bonds is 6. The van der Waals surface area contributed by atoms with E-state index in [1.54, 1.807) is 24.3 Å². The normalized spacial score (nSPS) is 9.96. The van der Waals surface area contributed by atoms with Crippen LogP contribution in [0.5, 0.6) is 0 Å². The first kappa shape index (κ1) is 17.0. The molecule has 1 aromatic carbocycles. The van der Waals surface area contributed by atoms with Crippen LogP contribution in [0.1, 0.15) is 22.3 Å². The van der Waals surface area contributed by atoms with E-state index < -0.39 is 0 Å². The van der Waals surface area contributed by atoms with Crippen LogP contribution in [0.4, 0.5) is 5.82 Å². The fraction of sp³-hybridized carbons (Fsp3) is 0.200. The van der Waals surface area contributed by atoms with Gasteiger partial charge in [-0.2, -0.15) is 10.2 Å². The number of nitriles is 1. The minimum atomic E-state index is -0.183. The Morgan fingerprint density at radius 2 is 1.96 bits per heavy atom. The van der Waals surface area contributed by atoms with E-state index in [1.165, 1.54) is 6.20 Å². The molecule has 0 atom stereocenters. The number of carbonyl (C=O) groups is 1. The highest BCUT2D eigenvalue weighted by molar-refractivity contribution is 6.33. The second-order valence-corrected chi connectivity index (χ2v) is 5.31. The van der Waals surface area contributed by atoms with E-state index in [0.717, 1.165) is 0 Å². The third-order valence-electron chi connectivity index (χ3n) is 2.92. The van der Waals surface area contributed by atoms with Crippen molar-refractivity contribution >= 4 is 34.9 Å². The lowest BCUT2D eigenvalue weighted by atomic mass is 10.1. The summed E-state index contributed by atoms with van der Waals surface area (Å²) in [5.74, 6) is 0.280. The second kappa shape index (κ2) is 8.32. The van der Waals surface area contributed by atoms with E-state index in [2.05, 4.69) is 20.6 Å². The molecule has 23 heavy (non-hydrogen) atoms. The molecule has 1 aromatic heterocycles. The smallest absolute Gasteiger partial charge is 0.251 e. The molecule has 6 nitrogen and oxygen atoms in total. The van der Waals surface area contributed by atoms with E-state index >= 15 is 0 Å². The number of hydrogen-bond acceptors (Lipinski definition) is 5. The summed E-state index contributed by atoms with van der Waals surface area (Å²) in [6.45, 7) is 1.06. The van der Waals surface area contributed by atoms with Crippen molar-refractivity contribution in [1.82, 2.24) is 15.3 Å². The number of amides is 1. The number of nitrogens with one attached hydrogen (secondary N) is 2. The van der Waals surface area contributed by atoms with Crippen LogP contribution in [0, 0.1) is 11.3 Å². The highest BCUT2D eigenvalue weighted by atomic mass is 35.5. The molecule has 0 aliphatic heterocycles. The zero-order valence-electron chi connectivity index (χ0n) is 12.0. The third kappa shape index (κ3) is 5.09. The fourth-order valence-electron chi connectivity index (χ4n) is 1.76. The molecule has 1 heterocycles. The lowest BCUT2D eigenvalue weighted by molar-refractivity contribution is 0.0953. The maximum absolute atomic E-state index is 11.9. The second-order valence-electron chi connectivity index (χ2n) is 4.56. The van der Waals surface area contributed by atoms with Crippen molar-refractivity contribution < 1.29 is 4.79 Å². The minimum absolute atomic E-state index is 0.117. The Bertz CT molecular complexity index is 728. The van der Waals surface area contributed by atoms with Crippen LogP contribution < -0.4 is 10.6 Å². The van der Waals surface area contributed by atoms with Crippen molar-refractivity contribution in [2.75, 3.05) is 18.4 Å². The van der Waals surface area contributed by atoms with Gasteiger partial charge in [-0.1, -0.05) is 11.6 Å². The van der Waals surface area contributed by atoms with Gasteiger partial charge >= 0.3 is 0 Å². The maximum atomic E-state index is 11.9. The molecule has 118 valence electrons. The molecule has 0 bridgehead atoms. The predicted molar refractivity (Wildman–Crippen MR) is 88.6 cm³/mol. The molecule has 1 amide bonds. The Morgan fingerprint density at radius 1 is 1.22 bits per heavy atom. The van der Waals surface area contributed by atoms with E-state index in [9.17, 15) is 4.79 Å². The molecule has 0 spiro atoms. The van der Waals surface area contributed by atoms with Gasteiger partial charge in [-0.05, 0) is 42.3 Å². The number of benzene rings is 1. The van der Waals surface area contributed by atoms with Crippen LogP contribution in [0.15, 0.2) is 30.5 Å². The molecule has 0 unspecified atom stereocenters. The summed E-state index contributed by atoms with van der Waals surface area (Å²) >= 11 is 11.6. The summed E-state index contributed by atoms with van der Waals surface area (Å²) in [4.78, 5) is 19.6.